The zero-order valence-corrected chi connectivity index (χ0v) is 15.9. The van der Waals surface area contributed by atoms with E-state index in [1.54, 1.807) is 6.92 Å². The number of aromatic nitrogens is 1. The summed E-state index contributed by atoms with van der Waals surface area (Å²) in [4.78, 5) is 0. The largest absolute Gasteiger partial charge is 0.455 e. The van der Waals surface area contributed by atoms with Crippen LogP contribution >= 0.6 is 0 Å². The molecule has 0 aliphatic rings. The molecular formula is C23H23FNO+. The number of nitrogens with zero attached hydrogens (tertiary/aromatic N) is 1. The van der Waals surface area contributed by atoms with Crippen LogP contribution in [0.15, 0.2) is 47.0 Å². The Morgan fingerprint density at radius 2 is 1.73 bits per heavy atom. The normalized spacial score (nSPS) is 11.8. The number of rotatable bonds is 2. The van der Waals surface area contributed by atoms with Crippen LogP contribution in [0.3, 0.4) is 0 Å². The number of halogens is 1. The average Bonchev–Trinajstić information content (AvgIpc) is 2.93. The maximum atomic E-state index is 14.0. The monoisotopic (exact) mass is 348 g/mol. The summed E-state index contributed by atoms with van der Waals surface area (Å²) in [7, 11) is 2.06. The standard InChI is InChI=1S/C23H23FNO/c1-13(2)16-7-9-20(25(5)12-16)22-14(3)6-8-17-18-10-15(4)19(24)11-21(18)26-23(17)22/h6-13H,1-5H3/q+1. The van der Waals surface area contributed by atoms with Gasteiger partial charge in [-0.3, -0.25) is 0 Å². The van der Waals surface area contributed by atoms with Crippen molar-refractivity contribution in [2.45, 2.75) is 33.6 Å². The Bertz CT molecular complexity index is 1150. The van der Waals surface area contributed by atoms with Crippen LogP contribution in [0.1, 0.15) is 36.5 Å². The van der Waals surface area contributed by atoms with E-state index in [9.17, 15) is 4.39 Å². The number of aryl methyl sites for hydroxylation is 3. The highest BCUT2D eigenvalue weighted by Gasteiger charge is 2.21. The minimum absolute atomic E-state index is 0.235. The van der Waals surface area contributed by atoms with Crippen molar-refractivity contribution in [2.75, 3.05) is 0 Å². The summed E-state index contributed by atoms with van der Waals surface area (Å²) in [6, 6.07) is 11.9. The summed E-state index contributed by atoms with van der Waals surface area (Å²) < 4.78 is 22.3. The molecule has 4 rings (SSSR count). The molecule has 26 heavy (non-hydrogen) atoms. The minimum Gasteiger partial charge on any atom is -0.455 e. The van der Waals surface area contributed by atoms with E-state index in [4.69, 9.17) is 4.42 Å². The molecule has 0 radical (unpaired) electrons. The number of pyridine rings is 1. The third-order valence-electron chi connectivity index (χ3n) is 5.21. The van der Waals surface area contributed by atoms with Gasteiger partial charge in [-0.1, -0.05) is 26.0 Å². The predicted molar refractivity (Wildman–Crippen MR) is 104 cm³/mol. The molecule has 0 aliphatic carbocycles. The second kappa shape index (κ2) is 5.94. The van der Waals surface area contributed by atoms with E-state index in [2.05, 4.69) is 62.8 Å². The second-order valence-electron chi connectivity index (χ2n) is 7.45. The van der Waals surface area contributed by atoms with Crippen LogP contribution in [-0.4, -0.2) is 0 Å². The van der Waals surface area contributed by atoms with Gasteiger partial charge >= 0.3 is 0 Å². The van der Waals surface area contributed by atoms with E-state index < -0.39 is 0 Å². The summed E-state index contributed by atoms with van der Waals surface area (Å²) in [6.07, 6.45) is 2.17. The minimum atomic E-state index is -0.235. The van der Waals surface area contributed by atoms with E-state index >= 15 is 0 Å². The third-order valence-corrected chi connectivity index (χ3v) is 5.21. The molecule has 0 fully saturated rings. The van der Waals surface area contributed by atoms with Crippen molar-refractivity contribution in [3.63, 3.8) is 0 Å². The first kappa shape index (κ1) is 16.8. The lowest BCUT2D eigenvalue weighted by molar-refractivity contribution is -0.660. The molecule has 0 unspecified atom stereocenters. The molecule has 0 bridgehead atoms. The van der Waals surface area contributed by atoms with E-state index in [-0.39, 0.29) is 5.82 Å². The number of fused-ring (bicyclic) bond motifs is 3. The van der Waals surface area contributed by atoms with Gasteiger partial charge in [0, 0.05) is 28.5 Å². The molecular weight excluding hydrogens is 325 g/mol. The smallest absolute Gasteiger partial charge is 0.216 e. The van der Waals surface area contributed by atoms with Crippen molar-refractivity contribution in [3.8, 4) is 11.3 Å². The zero-order valence-electron chi connectivity index (χ0n) is 15.9. The van der Waals surface area contributed by atoms with E-state index in [0.717, 1.165) is 33.2 Å². The van der Waals surface area contributed by atoms with E-state index in [1.807, 2.05) is 6.07 Å². The predicted octanol–water partition coefficient (Wildman–Crippen LogP) is 5.96. The first-order valence-electron chi connectivity index (χ1n) is 8.98. The van der Waals surface area contributed by atoms with Gasteiger partial charge in [-0.25, -0.2) is 8.96 Å². The Labute approximate surface area is 152 Å². The highest BCUT2D eigenvalue weighted by molar-refractivity contribution is 6.09. The first-order chi connectivity index (χ1) is 12.4. The van der Waals surface area contributed by atoms with Gasteiger partial charge in [0.25, 0.3) is 0 Å². The van der Waals surface area contributed by atoms with Crippen molar-refractivity contribution in [1.29, 1.82) is 0 Å². The molecule has 2 heterocycles. The zero-order chi connectivity index (χ0) is 18.6. The molecule has 3 heteroatoms. The van der Waals surface area contributed by atoms with Crippen molar-refractivity contribution in [2.24, 2.45) is 7.05 Å². The molecule has 4 aromatic rings. The SMILES string of the molecule is Cc1cc2c(cc1F)oc1c(-c3ccc(C(C)C)c[n+]3C)c(C)ccc12. The van der Waals surface area contributed by atoms with Crippen LogP contribution in [0, 0.1) is 19.7 Å². The highest BCUT2D eigenvalue weighted by atomic mass is 19.1. The first-order valence-corrected chi connectivity index (χ1v) is 8.98. The molecule has 0 spiro atoms. The van der Waals surface area contributed by atoms with Crippen LogP contribution in [0.25, 0.3) is 33.2 Å². The van der Waals surface area contributed by atoms with Gasteiger partial charge in [-0.05, 0) is 43.0 Å². The summed E-state index contributed by atoms with van der Waals surface area (Å²) in [6.45, 7) is 8.26. The number of furan rings is 1. The third kappa shape index (κ3) is 2.50. The van der Waals surface area contributed by atoms with Crippen molar-refractivity contribution >= 4 is 21.9 Å². The molecule has 0 saturated heterocycles. The molecule has 2 nitrogen and oxygen atoms in total. The van der Waals surface area contributed by atoms with Crippen LogP contribution in [0.4, 0.5) is 4.39 Å². The van der Waals surface area contributed by atoms with Crippen LogP contribution in [0.5, 0.6) is 0 Å². The van der Waals surface area contributed by atoms with Crippen LogP contribution < -0.4 is 4.57 Å². The highest BCUT2D eigenvalue weighted by Crippen LogP contribution is 2.37. The molecule has 0 atom stereocenters. The van der Waals surface area contributed by atoms with Crippen molar-refractivity contribution in [1.82, 2.24) is 0 Å². The Kier molecular flexibility index (Phi) is 3.83. The van der Waals surface area contributed by atoms with Gasteiger partial charge in [0.2, 0.25) is 5.69 Å². The molecule has 2 aromatic heterocycles. The quantitative estimate of drug-likeness (QED) is 0.409. The van der Waals surface area contributed by atoms with Crippen molar-refractivity contribution in [3.05, 3.63) is 65.1 Å². The fourth-order valence-corrected chi connectivity index (χ4v) is 3.62. The summed E-state index contributed by atoms with van der Waals surface area (Å²) in [5.74, 6) is 0.242. The van der Waals surface area contributed by atoms with Gasteiger partial charge in [0.15, 0.2) is 6.20 Å². The molecule has 0 amide bonds. The maximum absolute atomic E-state index is 14.0. The lowest BCUT2D eigenvalue weighted by atomic mass is 9.98. The van der Waals surface area contributed by atoms with Gasteiger partial charge < -0.3 is 4.42 Å². The summed E-state index contributed by atoms with van der Waals surface area (Å²) in [5.41, 5.74) is 6.64. The fourth-order valence-electron chi connectivity index (χ4n) is 3.62. The topological polar surface area (TPSA) is 17.0 Å². The van der Waals surface area contributed by atoms with Crippen LogP contribution in [0.2, 0.25) is 0 Å². The lowest BCUT2D eigenvalue weighted by Gasteiger charge is -2.08. The second-order valence-corrected chi connectivity index (χ2v) is 7.45. The molecule has 0 N–H and O–H groups in total. The summed E-state index contributed by atoms with van der Waals surface area (Å²) >= 11 is 0. The maximum Gasteiger partial charge on any atom is 0.216 e. The lowest BCUT2D eigenvalue weighted by Crippen LogP contribution is -2.31. The van der Waals surface area contributed by atoms with E-state index in [1.165, 1.54) is 11.6 Å². The Morgan fingerprint density at radius 1 is 0.962 bits per heavy atom. The fraction of sp³-hybridized carbons (Fsp3) is 0.261. The van der Waals surface area contributed by atoms with Gasteiger partial charge in [-0.2, -0.15) is 0 Å². The van der Waals surface area contributed by atoms with Gasteiger partial charge in [0.1, 0.15) is 24.0 Å². The van der Waals surface area contributed by atoms with E-state index in [0.29, 0.717) is 17.1 Å². The van der Waals surface area contributed by atoms with Crippen LogP contribution in [-0.2, 0) is 7.05 Å². The molecule has 0 aliphatic heterocycles. The Morgan fingerprint density at radius 3 is 2.42 bits per heavy atom. The van der Waals surface area contributed by atoms with Gasteiger partial charge in [0.05, 0.1) is 5.56 Å². The Balaban J connectivity index is 2.05. The number of hydrogen-bond donors (Lipinski definition) is 0. The molecule has 2 aromatic carbocycles. The number of benzene rings is 2. The van der Waals surface area contributed by atoms with Gasteiger partial charge in [-0.15, -0.1) is 0 Å². The average molecular weight is 348 g/mol. The molecule has 0 saturated carbocycles. The van der Waals surface area contributed by atoms with Crippen molar-refractivity contribution < 1.29 is 13.4 Å². The molecule has 132 valence electrons. The number of hydrogen-bond acceptors (Lipinski definition) is 1. The summed E-state index contributed by atoms with van der Waals surface area (Å²) in [5, 5.41) is 1.98. The Hall–Kier alpha value is -2.68.